The second-order valence-corrected chi connectivity index (χ2v) is 7.29. The van der Waals surface area contributed by atoms with Gasteiger partial charge in [-0.15, -0.1) is 11.3 Å². The minimum absolute atomic E-state index is 0.0716. The van der Waals surface area contributed by atoms with Crippen LogP contribution < -0.4 is 5.73 Å². The fraction of sp³-hybridized carbons (Fsp3) is 0.333. The highest BCUT2D eigenvalue weighted by atomic mass is 35.5. The van der Waals surface area contributed by atoms with Crippen molar-refractivity contribution in [3.05, 3.63) is 55.7 Å². The van der Waals surface area contributed by atoms with Crippen molar-refractivity contribution in [2.75, 3.05) is 0 Å². The van der Waals surface area contributed by atoms with Crippen molar-refractivity contribution in [2.45, 2.75) is 31.2 Å². The zero-order valence-electron chi connectivity index (χ0n) is 10.4. The van der Waals surface area contributed by atoms with Gasteiger partial charge in [-0.05, 0) is 36.5 Å². The first kappa shape index (κ1) is 13.4. The molecule has 2 N–H and O–H groups in total. The van der Waals surface area contributed by atoms with E-state index in [1.807, 2.05) is 6.07 Å². The highest BCUT2D eigenvalue weighted by molar-refractivity contribution is 7.20. The monoisotopic (exact) mass is 311 g/mol. The Bertz CT molecular complexity index is 594. The zero-order chi connectivity index (χ0) is 13.4. The van der Waals surface area contributed by atoms with E-state index in [0.29, 0.717) is 10.3 Å². The van der Waals surface area contributed by atoms with Crippen LogP contribution in [-0.2, 0) is 6.42 Å². The summed E-state index contributed by atoms with van der Waals surface area (Å²) in [7, 11) is 0. The second-order valence-electron chi connectivity index (χ2n) is 5.00. The summed E-state index contributed by atoms with van der Waals surface area (Å²) in [4.78, 5) is 0. The Kier molecular flexibility index (Phi) is 3.86. The summed E-state index contributed by atoms with van der Waals surface area (Å²) in [6, 6.07) is 10.4. The molecule has 0 saturated heterocycles. The number of rotatable bonds is 2. The molecule has 100 valence electrons. The molecule has 1 nitrogen and oxygen atoms in total. The van der Waals surface area contributed by atoms with Crippen LogP contribution in [0, 0.1) is 0 Å². The molecule has 0 saturated carbocycles. The lowest BCUT2D eigenvalue weighted by molar-refractivity contribution is 0.475. The first-order valence-corrected chi connectivity index (χ1v) is 8.02. The van der Waals surface area contributed by atoms with E-state index in [2.05, 4.69) is 24.3 Å². The highest BCUT2D eigenvalue weighted by Crippen LogP contribution is 2.43. The molecule has 3 rings (SSSR count). The van der Waals surface area contributed by atoms with Crippen LogP contribution in [0.25, 0.3) is 0 Å². The molecule has 2 atom stereocenters. The van der Waals surface area contributed by atoms with E-state index in [0.717, 1.165) is 22.7 Å². The van der Waals surface area contributed by atoms with Gasteiger partial charge in [0.1, 0.15) is 0 Å². The van der Waals surface area contributed by atoms with Crippen LogP contribution in [0.3, 0.4) is 0 Å². The fourth-order valence-electron chi connectivity index (χ4n) is 2.96. The van der Waals surface area contributed by atoms with Gasteiger partial charge >= 0.3 is 0 Å². The molecule has 2 unspecified atom stereocenters. The average molecular weight is 312 g/mol. The molecule has 0 fully saturated rings. The minimum Gasteiger partial charge on any atom is -0.323 e. The van der Waals surface area contributed by atoms with Gasteiger partial charge in [0.05, 0.1) is 8.67 Å². The number of hydrogen-bond donors (Lipinski definition) is 1. The van der Waals surface area contributed by atoms with Gasteiger partial charge in [0.2, 0.25) is 0 Å². The van der Waals surface area contributed by atoms with Crippen LogP contribution in [0.2, 0.25) is 8.67 Å². The normalized spacial score (nSPS) is 20.1. The summed E-state index contributed by atoms with van der Waals surface area (Å²) in [5.41, 5.74) is 10.2. The van der Waals surface area contributed by atoms with E-state index in [1.54, 1.807) is 0 Å². The second kappa shape index (κ2) is 5.45. The predicted molar refractivity (Wildman–Crippen MR) is 83.4 cm³/mol. The molecule has 4 heteroatoms. The van der Waals surface area contributed by atoms with Gasteiger partial charge in [-0.2, -0.15) is 0 Å². The molecule has 0 amide bonds. The Labute approximate surface area is 127 Å². The maximum atomic E-state index is 6.46. The number of nitrogens with two attached hydrogens (primary N) is 1. The maximum Gasteiger partial charge on any atom is 0.0992 e. The van der Waals surface area contributed by atoms with Crippen molar-refractivity contribution in [3.63, 3.8) is 0 Å². The van der Waals surface area contributed by atoms with E-state index < -0.39 is 0 Å². The van der Waals surface area contributed by atoms with Gasteiger partial charge in [0.15, 0.2) is 0 Å². The Morgan fingerprint density at radius 1 is 1.26 bits per heavy atom. The molecular weight excluding hydrogens is 297 g/mol. The van der Waals surface area contributed by atoms with E-state index >= 15 is 0 Å². The van der Waals surface area contributed by atoms with Crippen molar-refractivity contribution in [2.24, 2.45) is 5.73 Å². The standard InChI is InChI=1S/C15H15Cl2NS/c16-13-8-12(15(17)19-13)14(18)11-7-3-5-9-4-1-2-6-10(9)11/h1-2,4,6,8,11,14H,3,5,7,18H2. The predicted octanol–water partition coefficient (Wildman–Crippen LogP) is 5.17. The van der Waals surface area contributed by atoms with E-state index in [9.17, 15) is 0 Å². The van der Waals surface area contributed by atoms with Gasteiger partial charge in [-0.3, -0.25) is 0 Å². The summed E-state index contributed by atoms with van der Waals surface area (Å²) in [5.74, 6) is 0.341. The van der Waals surface area contributed by atoms with Gasteiger partial charge in [0.25, 0.3) is 0 Å². The molecule has 1 heterocycles. The van der Waals surface area contributed by atoms with Crippen LogP contribution >= 0.6 is 34.5 Å². The summed E-state index contributed by atoms with van der Waals surface area (Å²) in [6.45, 7) is 0. The Morgan fingerprint density at radius 2 is 2.05 bits per heavy atom. The molecule has 0 radical (unpaired) electrons. The summed E-state index contributed by atoms with van der Waals surface area (Å²) >= 11 is 13.7. The van der Waals surface area contributed by atoms with Gasteiger partial charge in [-0.25, -0.2) is 0 Å². The Hall–Kier alpha value is -0.540. The molecule has 1 aliphatic rings. The van der Waals surface area contributed by atoms with Gasteiger partial charge in [-0.1, -0.05) is 47.5 Å². The summed E-state index contributed by atoms with van der Waals surface area (Å²) in [5, 5.41) is 0. The maximum absolute atomic E-state index is 6.46. The smallest absolute Gasteiger partial charge is 0.0992 e. The van der Waals surface area contributed by atoms with Crippen LogP contribution in [0.4, 0.5) is 0 Å². The SMILES string of the molecule is NC(c1cc(Cl)sc1Cl)C1CCCc2ccccc21. The van der Waals surface area contributed by atoms with Crippen LogP contribution in [0.15, 0.2) is 30.3 Å². The highest BCUT2D eigenvalue weighted by Gasteiger charge is 2.28. The number of hydrogen-bond acceptors (Lipinski definition) is 2. The number of benzene rings is 1. The first-order chi connectivity index (χ1) is 9.16. The molecule has 2 aromatic rings. The van der Waals surface area contributed by atoms with Gasteiger partial charge < -0.3 is 5.73 Å². The number of halogens is 2. The van der Waals surface area contributed by atoms with Crippen molar-refractivity contribution < 1.29 is 0 Å². The lowest BCUT2D eigenvalue weighted by Crippen LogP contribution is -2.23. The molecule has 0 spiro atoms. The average Bonchev–Trinajstić information content (AvgIpc) is 2.76. The first-order valence-electron chi connectivity index (χ1n) is 6.45. The molecule has 1 aromatic carbocycles. The minimum atomic E-state index is -0.0716. The third-order valence-electron chi connectivity index (χ3n) is 3.89. The molecule has 1 aromatic heterocycles. The van der Waals surface area contributed by atoms with E-state index in [4.69, 9.17) is 28.9 Å². The van der Waals surface area contributed by atoms with E-state index in [1.165, 1.54) is 28.9 Å². The number of aryl methyl sites for hydroxylation is 1. The van der Waals surface area contributed by atoms with Crippen LogP contribution in [0.1, 0.15) is 41.5 Å². The molecule has 0 bridgehead atoms. The quantitative estimate of drug-likeness (QED) is 0.813. The third kappa shape index (κ3) is 2.55. The van der Waals surface area contributed by atoms with E-state index in [-0.39, 0.29) is 6.04 Å². The lowest BCUT2D eigenvalue weighted by Gasteiger charge is -2.30. The molecule has 0 aliphatic heterocycles. The number of fused-ring (bicyclic) bond motifs is 1. The lowest BCUT2D eigenvalue weighted by atomic mass is 9.77. The topological polar surface area (TPSA) is 26.0 Å². The largest absolute Gasteiger partial charge is 0.323 e. The number of thiophene rings is 1. The Balaban J connectivity index is 1.97. The van der Waals surface area contributed by atoms with Gasteiger partial charge in [0, 0.05) is 17.5 Å². The fourth-order valence-corrected chi connectivity index (χ4v) is 4.53. The molecule has 19 heavy (non-hydrogen) atoms. The summed E-state index contributed by atoms with van der Waals surface area (Å²) in [6.07, 6.45) is 3.45. The van der Waals surface area contributed by atoms with Crippen molar-refractivity contribution in [1.82, 2.24) is 0 Å². The summed E-state index contributed by atoms with van der Waals surface area (Å²) < 4.78 is 1.43. The third-order valence-corrected chi connectivity index (χ3v) is 5.41. The Morgan fingerprint density at radius 3 is 2.79 bits per heavy atom. The van der Waals surface area contributed by atoms with Crippen molar-refractivity contribution in [3.8, 4) is 0 Å². The van der Waals surface area contributed by atoms with Crippen LogP contribution in [0.5, 0.6) is 0 Å². The van der Waals surface area contributed by atoms with Crippen LogP contribution in [-0.4, -0.2) is 0 Å². The molecule has 1 aliphatic carbocycles. The van der Waals surface area contributed by atoms with Crippen molar-refractivity contribution >= 4 is 34.5 Å². The van der Waals surface area contributed by atoms with Crippen molar-refractivity contribution in [1.29, 1.82) is 0 Å². The molecular formula is C15H15Cl2NS. The zero-order valence-corrected chi connectivity index (χ0v) is 12.7.